The van der Waals surface area contributed by atoms with Crippen molar-refractivity contribution in [3.8, 4) is 0 Å². The third-order valence-corrected chi connectivity index (χ3v) is 4.01. The lowest BCUT2D eigenvalue weighted by atomic mass is 10.0. The summed E-state index contributed by atoms with van der Waals surface area (Å²) in [5.41, 5.74) is 3.63. The van der Waals surface area contributed by atoms with Gasteiger partial charge in [-0.3, -0.25) is 4.98 Å². The Morgan fingerprint density at radius 2 is 1.90 bits per heavy atom. The molecule has 0 atom stereocenters. The largest absolute Gasteiger partial charge is 0.311 e. The highest BCUT2D eigenvalue weighted by molar-refractivity contribution is 5.82. The topological polar surface area (TPSA) is 28.2 Å². The Bertz CT molecular complexity index is 588. The third-order valence-electron chi connectivity index (χ3n) is 4.01. The summed E-state index contributed by atoms with van der Waals surface area (Å²) in [6, 6.07) is 10.5. The first kappa shape index (κ1) is 14.9. The number of para-hydroxylation sites is 1. The molecule has 20 heavy (non-hydrogen) atoms. The smallest absolute Gasteiger partial charge is 0.0708 e. The van der Waals surface area contributed by atoms with Gasteiger partial charge in [0.1, 0.15) is 0 Å². The predicted octanol–water partition coefficient (Wildman–Crippen LogP) is 2.97. The van der Waals surface area contributed by atoms with Gasteiger partial charge >= 0.3 is 0 Å². The van der Waals surface area contributed by atoms with Crippen molar-refractivity contribution in [1.82, 2.24) is 15.2 Å². The van der Waals surface area contributed by atoms with E-state index >= 15 is 0 Å². The molecule has 108 valence electrons. The summed E-state index contributed by atoms with van der Waals surface area (Å²) >= 11 is 0. The normalized spacial score (nSPS) is 12.3. The zero-order valence-corrected chi connectivity index (χ0v) is 13.2. The molecule has 0 unspecified atom stereocenters. The second kappa shape index (κ2) is 5.90. The van der Waals surface area contributed by atoms with Gasteiger partial charge in [-0.2, -0.15) is 0 Å². The Hall–Kier alpha value is -1.45. The van der Waals surface area contributed by atoms with Crippen LogP contribution in [0.15, 0.2) is 30.3 Å². The van der Waals surface area contributed by atoms with Gasteiger partial charge in [-0.15, -0.1) is 0 Å². The molecule has 0 fully saturated rings. The van der Waals surface area contributed by atoms with E-state index in [0.29, 0.717) is 0 Å². The molecular formula is C17H25N3. The third kappa shape index (κ3) is 3.35. The molecule has 0 aliphatic rings. The highest BCUT2D eigenvalue weighted by atomic mass is 15.2. The summed E-state index contributed by atoms with van der Waals surface area (Å²) < 4.78 is 0. The van der Waals surface area contributed by atoms with Crippen molar-refractivity contribution in [1.29, 1.82) is 0 Å². The number of fused-ring (bicyclic) bond motifs is 1. The molecule has 2 rings (SSSR count). The highest BCUT2D eigenvalue weighted by Crippen LogP contribution is 2.18. The van der Waals surface area contributed by atoms with Gasteiger partial charge in [0.05, 0.1) is 5.52 Å². The average molecular weight is 271 g/mol. The fourth-order valence-electron chi connectivity index (χ4n) is 2.20. The number of aromatic nitrogens is 1. The van der Waals surface area contributed by atoms with Crippen LogP contribution in [0.2, 0.25) is 0 Å². The molecule has 0 aliphatic carbocycles. The predicted molar refractivity (Wildman–Crippen MR) is 86.0 cm³/mol. The first-order valence-electron chi connectivity index (χ1n) is 7.13. The Morgan fingerprint density at radius 3 is 2.60 bits per heavy atom. The number of likely N-dealkylation sites (N-methyl/N-ethyl adjacent to an activating group) is 1. The minimum atomic E-state index is 0.151. The monoisotopic (exact) mass is 271 g/mol. The molecule has 1 aromatic heterocycles. The number of hydrogen-bond donors (Lipinski definition) is 1. The molecule has 2 aromatic rings. The van der Waals surface area contributed by atoms with Crippen molar-refractivity contribution in [2.75, 3.05) is 20.6 Å². The van der Waals surface area contributed by atoms with Gasteiger partial charge < -0.3 is 10.2 Å². The summed E-state index contributed by atoms with van der Waals surface area (Å²) in [7, 11) is 4.24. The van der Waals surface area contributed by atoms with Crippen LogP contribution in [-0.4, -0.2) is 36.1 Å². The molecule has 1 aromatic carbocycles. The van der Waals surface area contributed by atoms with Gasteiger partial charge in [-0.25, -0.2) is 0 Å². The van der Waals surface area contributed by atoms with Crippen molar-refractivity contribution < 1.29 is 0 Å². The van der Waals surface area contributed by atoms with E-state index in [4.69, 9.17) is 0 Å². The van der Waals surface area contributed by atoms with E-state index in [0.717, 1.165) is 24.3 Å². The molecule has 0 aliphatic heterocycles. The van der Waals surface area contributed by atoms with E-state index in [1.165, 1.54) is 10.9 Å². The van der Waals surface area contributed by atoms with Gasteiger partial charge in [-0.1, -0.05) is 18.2 Å². The summed E-state index contributed by atoms with van der Waals surface area (Å²) in [5, 5.41) is 4.82. The lowest BCUT2D eigenvalue weighted by molar-refractivity contribution is 0.190. The molecule has 0 saturated carbocycles. The first-order chi connectivity index (χ1) is 9.40. The molecule has 0 bridgehead atoms. The van der Waals surface area contributed by atoms with Crippen molar-refractivity contribution in [2.24, 2.45) is 0 Å². The van der Waals surface area contributed by atoms with Crippen LogP contribution < -0.4 is 5.32 Å². The molecule has 3 nitrogen and oxygen atoms in total. The van der Waals surface area contributed by atoms with Gasteiger partial charge in [-0.05, 0) is 52.6 Å². The molecule has 0 saturated heterocycles. The molecule has 1 heterocycles. The molecule has 3 heteroatoms. The van der Waals surface area contributed by atoms with Gasteiger partial charge in [0.2, 0.25) is 0 Å². The van der Waals surface area contributed by atoms with Crippen LogP contribution in [0.25, 0.3) is 10.9 Å². The standard InChI is InChI=1S/C17H25N3/c1-13-10-14(11-18-12-17(2,3)20(4)5)15-8-6-7-9-16(15)19-13/h6-10,18H,11-12H2,1-5H3. The summed E-state index contributed by atoms with van der Waals surface area (Å²) in [4.78, 5) is 6.83. The number of nitrogens with zero attached hydrogens (tertiary/aromatic N) is 2. The number of hydrogen-bond acceptors (Lipinski definition) is 3. The number of benzene rings is 1. The number of rotatable bonds is 5. The summed E-state index contributed by atoms with van der Waals surface area (Å²) in [6.07, 6.45) is 0. The first-order valence-corrected chi connectivity index (χ1v) is 7.13. The molecular weight excluding hydrogens is 246 g/mol. The highest BCUT2D eigenvalue weighted by Gasteiger charge is 2.19. The second-order valence-corrected chi connectivity index (χ2v) is 6.25. The number of aryl methyl sites for hydroxylation is 1. The van der Waals surface area contributed by atoms with Gasteiger partial charge in [0.25, 0.3) is 0 Å². The van der Waals surface area contributed by atoms with Crippen LogP contribution in [0.1, 0.15) is 25.1 Å². The maximum atomic E-state index is 4.59. The maximum absolute atomic E-state index is 4.59. The zero-order chi connectivity index (χ0) is 14.8. The number of pyridine rings is 1. The molecule has 1 N–H and O–H groups in total. The van der Waals surface area contributed by atoms with Crippen LogP contribution in [0, 0.1) is 6.92 Å². The lowest BCUT2D eigenvalue weighted by Gasteiger charge is -2.32. The molecule has 0 amide bonds. The second-order valence-electron chi connectivity index (χ2n) is 6.25. The van der Waals surface area contributed by atoms with Gasteiger partial charge in [0, 0.05) is 29.7 Å². The van der Waals surface area contributed by atoms with Crippen LogP contribution in [0.5, 0.6) is 0 Å². The van der Waals surface area contributed by atoms with Crippen molar-refractivity contribution in [3.63, 3.8) is 0 Å². The van der Waals surface area contributed by atoms with Crippen LogP contribution in [0.3, 0.4) is 0 Å². The van der Waals surface area contributed by atoms with E-state index < -0.39 is 0 Å². The van der Waals surface area contributed by atoms with E-state index in [-0.39, 0.29) is 5.54 Å². The minimum Gasteiger partial charge on any atom is -0.311 e. The zero-order valence-electron chi connectivity index (χ0n) is 13.2. The van der Waals surface area contributed by atoms with Crippen molar-refractivity contribution in [3.05, 3.63) is 41.6 Å². The fourth-order valence-corrected chi connectivity index (χ4v) is 2.20. The molecule has 0 spiro atoms. The average Bonchev–Trinajstić information content (AvgIpc) is 2.38. The Morgan fingerprint density at radius 1 is 1.20 bits per heavy atom. The summed E-state index contributed by atoms with van der Waals surface area (Å²) in [5.74, 6) is 0. The fraction of sp³-hybridized carbons (Fsp3) is 0.471. The van der Waals surface area contributed by atoms with Crippen LogP contribution >= 0.6 is 0 Å². The SMILES string of the molecule is Cc1cc(CNCC(C)(C)N(C)C)c2ccccc2n1. The van der Waals surface area contributed by atoms with E-state index in [1.807, 2.05) is 6.07 Å². The van der Waals surface area contributed by atoms with Crippen LogP contribution in [0.4, 0.5) is 0 Å². The Balaban J connectivity index is 2.14. The number of nitrogens with one attached hydrogen (secondary N) is 1. The van der Waals surface area contributed by atoms with E-state index in [2.05, 4.69) is 74.3 Å². The minimum absolute atomic E-state index is 0.151. The summed E-state index contributed by atoms with van der Waals surface area (Å²) in [6.45, 7) is 8.38. The van der Waals surface area contributed by atoms with Gasteiger partial charge in [0.15, 0.2) is 0 Å². The maximum Gasteiger partial charge on any atom is 0.0708 e. The van der Waals surface area contributed by atoms with Crippen molar-refractivity contribution >= 4 is 10.9 Å². The molecule has 0 radical (unpaired) electrons. The van der Waals surface area contributed by atoms with E-state index in [1.54, 1.807) is 0 Å². The van der Waals surface area contributed by atoms with Crippen LogP contribution in [-0.2, 0) is 6.54 Å². The quantitative estimate of drug-likeness (QED) is 0.906. The Kier molecular flexibility index (Phi) is 4.41. The lowest BCUT2D eigenvalue weighted by Crippen LogP contribution is -2.46. The van der Waals surface area contributed by atoms with E-state index in [9.17, 15) is 0 Å². The van der Waals surface area contributed by atoms with Crippen molar-refractivity contribution in [2.45, 2.75) is 32.9 Å². The Labute approximate surface area is 122 Å².